The zero-order chi connectivity index (χ0) is 11.4. The van der Waals surface area contributed by atoms with Crippen LogP contribution in [0.5, 0.6) is 0 Å². The average molecular weight is 211 g/mol. The summed E-state index contributed by atoms with van der Waals surface area (Å²) < 4.78 is 7.19. The van der Waals surface area contributed by atoms with Crippen molar-refractivity contribution in [3.8, 4) is 0 Å². The molecule has 2 unspecified atom stereocenters. The van der Waals surface area contributed by atoms with Crippen molar-refractivity contribution in [1.29, 1.82) is 0 Å². The Hall–Kier alpha value is -1.03. The molecular formula is C11H21N3O. The first-order chi connectivity index (χ1) is 7.04. The largest absolute Gasteiger partial charge is 0.380 e. The van der Waals surface area contributed by atoms with Gasteiger partial charge in [0.25, 0.3) is 0 Å². The van der Waals surface area contributed by atoms with E-state index in [1.54, 1.807) is 7.11 Å². The van der Waals surface area contributed by atoms with E-state index in [0.717, 1.165) is 5.69 Å². The molecule has 0 aliphatic carbocycles. The van der Waals surface area contributed by atoms with E-state index in [1.165, 1.54) is 0 Å². The van der Waals surface area contributed by atoms with E-state index in [0.29, 0.717) is 6.04 Å². The molecule has 0 aromatic carbocycles. The van der Waals surface area contributed by atoms with Crippen LogP contribution < -0.4 is 5.32 Å². The summed E-state index contributed by atoms with van der Waals surface area (Å²) in [6.45, 7) is 8.36. The fourth-order valence-corrected chi connectivity index (χ4v) is 1.28. The van der Waals surface area contributed by atoms with Crippen LogP contribution in [0.25, 0.3) is 0 Å². The Morgan fingerprint density at radius 2 is 2.00 bits per heavy atom. The lowest BCUT2D eigenvalue weighted by Crippen LogP contribution is -2.29. The fourth-order valence-electron chi connectivity index (χ4n) is 1.28. The number of aromatic nitrogens is 2. The van der Waals surface area contributed by atoms with Crippen LogP contribution in [-0.4, -0.2) is 29.0 Å². The van der Waals surface area contributed by atoms with Crippen molar-refractivity contribution < 1.29 is 4.74 Å². The number of rotatable bonds is 5. The average Bonchev–Trinajstić information content (AvgIpc) is 2.65. The van der Waals surface area contributed by atoms with Gasteiger partial charge in [0.1, 0.15) is 0 Å². The van der Waals surface area contributed by atoms with Gasteiger partial charge in [-0.3, -0.25) is 4.68 Å². The molecule has 0 radical (unpaired) electrons. The maximum atomic E-state index is 5.25. The molecule has 0 fully saturated rings. The Morgan fingerprint density at radius 1 is 1.33 bits per heavy atom. The normalized spacial score (nSPS) is 15.3. The molecule has 0 amide bonds. The van der Waals surface area contributed by atoms with E-state index in [1.807, 2.05) is 24.0 Å². The van der Waals surface area contributed by atoms with Gasteiger partial charge >= 0.3 is 0 Å². The topological polar surface area (TPSA) is 39.1 Å². The number of nitrogens with one attached hydrogen (secondary N) is 1. The molecule has 2 atom stereocenters. The summed E-state index contributed by atoms with van der Waals surface area (Å²) >= 11 is 0. The Kier molecular flexibility index (Phi) is 4.15. The standard InChI is InChI=1S/C11H21N3O/c1-8(2)14-7-11(6-12-14)13-9(3)10(4)15-5/h6-10,13H,1-5H3. The molecule has 1 aromatic rings. The second kappa shape index (κ2) is 5.16. The molecular weight excluding hydrogens is 190 g/mol. The molecule has 4 nitrogen and oxygen atoms in total. The molecule has 1 rings (SSSR count). The Labute approximate surface area is 91.6 Å². The summed E-state index contributed by atoms with van der Waals surface area (Å²) in [4.78, 5) is 0. The number of ether oxygens (including phenoxy) is 1. The first-order valence-corrected chi connectivity index (χ1v) is 5.38. The van der Waals surface area contributed by atoms with Gasteiger partial charge in [0.15, 0.2) is 0 Å². The monoisotopic (exact) mass is 211 g/mol. The fraction of sp³-hybridized carbons (Fsp3) is 0.727. The van der Waals surface area contributed by atoms with Crippen LogP contribution in [0.2, 0.25) is 0 Å². The molecule has 0 spiro atoms. The summed E-state index contributed by atoms with van der Waals surface area (Å²) in [7, 11) is 1.72. The van der Waals surface area contributed by atoms with Crippen molar-refractivity contribution in [1.82, 2.24) is 9.78 Å². The maximum absolute atomic E-state index is 5.25. The third-order valence-corrected chi connectivity index (χ3v) is 2.60. The van der Waals surface area contributed by atoms with Crippen molar-refractivity contribution >= 4 is 5.69 Å². The van der Waals surface area contributed by atoms with Crippen LogP contribution in [0.1, 0.15) is 33.7 Å². The highest BCUT2D eigenvalue weighted by atomic mass is 16.5. The molecule has 1 aromatic heterocycles. The molecule has 0 aliphatic heterocycles. The van der Waals surface area contributed by atoms with E-state index in [9.17, 15) is 0 Å². The minimum absolute atomic E-state index is 0.187. The first-order valence-electron chi connectivity index (χ1n) is 5.38. The smallest absolute Gasteiger partial charge is 0.0741 e. The Bertz CT molecular complexity index is 296. The molecule has 0 saturated carbocycles. The van der Waals surface area contributed by atoms with Gasteiger partial charge < -0.3 is 10.1 Å². The zero-order valence-corrected chi connectivity index (χ0v) is 10.2. The summed E-state index contributed by atoms with van der Waals surface area (Å²) in [5, 5.41) is 7.63. The molecule has 86 valence electrons. The number of hydrogen-bond acceptors (Lipinski definition) is 3. The Balaban J connectivity index is 2.57. The number of hydrogen-bond donors (Lipinski definition) is 1. The first kappa shape index (κ1) is 12.0. The van der Waals surface area contributed by atoms with Crippen LogP contribution in [0.15, 0.2) is 12.4 Å². The summed E-state index contributed by atoms with van der Waals surface area (Å²) in [6.07, 6.45) is 4.05. The second-order valence-corrected chi connectivity index (χ2v) is 4.18. The van der Waals surface area contributed by atoms with Crippen molar-refractivity contribution in [2.24, 2.45) is 0 Å². The van der Waals surface area contributed by atoms with Gasteiger partial charge in [-0.25, -0.2) is 0 Å². The predicted octanol–water partition coefficient (Wildman–Crippen LogP) is 2.30. The molecule has 15 heavy (non-hydrogen) atoms. The predicted molar refractivity (Wildman–Crippen MR) is 62.2 cm³/mol. The molecule has 1 heterocycles. The van der Waals surface area contributed by atoms with Crippen molar-refractivity contribution in [2.45, 2.75) is 45.9 Å². The Morgan fingerprint density at radius 3 is 2.47 bits per heavy atom. The maximum Gasteiger partial charge on any atom is 0.0741 e. The highest BCUT2D eigenvalue weighted by Gasteiger charge is 2.11. The van der Waals surface area contributed by atoms with Gasteiger partial charge in [-0.05, 0) is 27.7 Å². The molecule has 0 saturated heterocycles. The number of nitrogens with zero attached hydrogens (tertiary/aromatic N) is 2. The van der Waals surface area contributed by atoms with Crippen LogP contribution in [-0.2, 0) is 4.74 Å². The minimum Gasteiger partial charge on any atom is -0.380 e. The summed E-state index contributed by atoms with van der Waals surface area (Å²) in [5.74, 6) is 0. The quantitative estimate of drug-likeness (QED) is 0.812. The van der Waals surface area contributed by atoms with E-state index < -0.39 is 0 Å². The number of anilines is 1. The van der Waals surface area contributed by atoms with Gasteiger partial charge in [-0.2, -0.15) is 5.10 Å². The van der Waals surface area contributed by atoms with Gasteiger partial charge in [0, 0.05) is 25.4 Å². The highest BCUT2D eigenvalue weighted by molar-refractivity contribution is 5.39. The molecule has 0 bridgehead atoms. The van der Waals surface area contributed by atoms with Crippen molar-refractivity contribution in [3.63, 3.8) is 0 Å². The van der Waals surface area contributed by atoms with E-state index >= 15 is 0 Å². The van der Waals surface area contributed by atoms with E-state index in [-0.39, 0.29) is 12.1 Å². The summed E-state index contributed by atoms with van der Waals surface area (Å²) in [6, 6.07) is 0.676. The van der Waals surface area contributed by atoms with Crippen LogP contribution in [0, 0.1) is 0 Å². The van der Waals surface area contributed by atoms with Gasteiger partial charge in [-0.1, -0.05) is 0 Å². The zero-order valence-electron chi connectivity index (χ0n) is 10.2. The second-order valence-electron chi connectivity index (χ2n) is 4.18. The summed E-state index contributed by atoms with van der Waals surface area (Å²) in [5.41, 5.74) is 1.04. The van der Waals surface area contributed by atoms with Crippen LogP contribution in [0.4, 0.5) is 5.69 Å². The lowest BCUT2D eigenvalue weighted by molar-refractivity contribution is 0.106. The lowest BCUT2D eigenvalue weighted by Gasteiger charge is -2.19. The molecule has 1 N–H and O–H groups in total. The number of methoxy groups -OCH3 is 1. The molecule has 0 aliphatic rings. The van der Waals surface area contributed by atoms with E-state index in [2.05, 4.69) is 31.2 Å². The van der Waals surface area contributed by atoms with Gasteiger partial charge in [0.05, 0.1) is 18.0 Å². The third-order valence-electron chi connectivity index (χ3n) is 2.60. The van der Waals surface area contributed by atoms with Crippen LogP contribution >= 0.6 is 0 Å². The minimum atomic E-state index is 0.187. The van der Waals surface area contributed by atoms with Gasteiger partial charge in [0.2, 0.25) is 0 Å². The molecule has 4 heteroatoms. The highest BCUT2D eigenvalue weighted by Crippen LogP contribution is 2.12. The van der Waals surface area contributed by atoms with E-state index in [4.69, 9.17) is 4.74 Å². The van der Waals surface area contributed by atoms with Crippen molar-refractivity contribution in [3.05, 3.63) is 12.4 Å². The SMILES string of the molecule is COC(C)C(C)Nc1cnn(C(C)C)c1. The lowest BCUT2D eigenvalue weighted by atomic mass is 10.2. The van der Waals surface area contributed by atoms with Crippen molar-refractivity contribution in [2.75, 3.05) is 12.4 Å². The van der Waals surface area contributed by atoms with Gasteiger partial charge in [-0.15, -0.1) is 0 Å². The third kappa shape index (κ3) is 3.23. The van der Waals surface area contributed by atoms with Crippen LogP contribution in [0.3, 0.4) is 0 Å².